The first-order chi connectivity index (χ1) is 11.7. The molecule has 3 heterocycles. The van der Waals surface area contributed by atoms with Gasteiger partial charge in [-0.3, -0.25) is 9.80 Å². The van der Waals surface area contributed by atoms with E-state index in [-0.39, 0.29) is 0 Å². The number of hydrogen-bond donors (Lipinski definition) is 0. The van der Waals surface area contributed by atoms with Crippen LogP contribution in [0, 0.1) is 0 Å². The Morgan fingerprint density at radius 2 is 1.71 bits per heavy atom. The molecule has 3 aliphatic rings. The minimum atomic E-state index is 0.348. The standard InChI is InChI=1S/C19H28N2O3/c1-14-10-21(11-15(2)24-14)17-5-7-20(8-6-17)12-16-3-4-18-19(9-16)23-13-22-18/h3-4,9,14-15,17H,5-8,10-13H2,1-2H3/t14-,15-/m1/s1. The quantitative estimate of drug-likeness (QED) is 0.849. The summed E-state index contributed by atoms with van der Waals surface area (Å²) in [5.74, 6) is 1.76. The van der Waals surface area contributed by atoms with Crippen LogP contribution in [0.4, 0.5) is 0 Å². The highest BCUT2D eigenvalue weighted by molar-refractivity contribution is 5.44. The molecular formula is C19H28N2O3. The topological polar surface area (TPSA) is 34.2 Å². The van der Waals surface area contributed by atoms with Crippen molar-refractivity contribution in [1.29, 1.82) is 0 Å². The van der Waals surface area contributed by atoms with E-state index >= 15 is 0 Å². The average molecular weight is 332 g/mol. The molecule has 0 spiro atoms. The fourth-order valence-electron chi connectivity index (χ4n) is 4.26. The second kappa shape index (κ2) is 6.90. The van der Waals surface area contributed by atoms with E-state index in [1.54, 1.807) is 0 Å². The van der Waals surface area contributed by atoms with Crippen molar-refractivity contribution in [1.82, 2.24) is 9.80 Å². The van der Waals surface area contributed by atoms with Crippen molar-refractivity contribution in [2.75, 3.05) is 33.0 Å². The number of fused-ring (bicyclic) bond motifs is 1. The molecule has 0 radical (unpaired) electrons. The van der Waals surface area contributed by atoms with Gasteiger partial charge < -0.3 is 14.2 Å². The van der Waals surface area contributed by atoms with Gasteiger partial charge in [-0.1, -0.05) is 6.07 Å². The molecule has 0 aliphatic carbocycles. The van der Waals surface area contributed by atoms with Crippen molar-refractivity contribution in [2.45, 2.75) is 51.5 Å². The molecule has 2 fully saturated rings. The molecule has 2 atom stereocenters. The highest BCUT2D eigenvalue weighted by Crippen LogP contribution is 2.33. The molecule has 1 aromatic carbocycles. The molecule has 0 saturated carbocycles. The largest absolute Gasteiger partial charge is 0.454 e. The van der Waals surface area contributed by atoms with E-state index in [4.69, 9.17) is 14.2 Å². The average Bonchev–Trinajstić information content (AvgIpc) is 3.02. The van der Waals surface area contributed by atoms with Gasteiger partial charge in [0.2, 0.25) is 6.79 Å². The fourth-order valence-corrected chi connectivity index (χ4v) is 4.26. The van der Waals surface area contributed by atoms with Gasteiger partial charge >= 0.3 is 0 Å². The van der Waals surface area contributed by atoms with Crippen LogP contribution in [0.5, 0.6) is 11.5 Å². The molecule has 2 saturated heterocycles. The Morgan fingerprint density at radius 3 is 2.46 bits per heavy atom. The lowest BCUT2D eigenvalue weighted by molar-refractivity contribution is -0.0865. The van der Waals surface area contributed by atoms with E-state index in [9.17, 15) is 0 Å². The van der Waals surface area contributed by atoms with Crippen LogP contribution in [-0.4, -0.2) is 61.0 Å². The van der Waals surface area contributed by atoms with Crippen molar-refractivity contribution in [2.24, 2.45) is 0 Å². The number of ether oxygens (including phenoxy) is 3. The van der Waals surface area contributed by atoms with E-state index in [0.29, 0.717) is 25.0 Å². The summed E-state index contributed by atoms with van der Waals surface area (Å²) >= 11 is 0. The predicted molar refractivity (Wildman–Crippen MR) is 92.4 cm³/mol. The number of rotatable bonds is 3. The lowest BCUT2D eigenvalue weighted by Crippen LogP contribution is -2.53. The molecule has 24 heavy (non-hydrogen) atoms. The maximum absolute atomic E-state index is 5.87. The van der Waals surface area contributed by atoms with Gasteiger partial charge in [0.15, 0.2) is 11.5 Å². The molecule has 5 heteroatoms. The lowest BCUT2D eigenvalue weighted by Gasteiger charge is -2.43. The molecule has 3 aliphatic heterocycles. The van der Waals surface area contributed by atoms with Crippen LogP contribution < -0.4 is 9.47 Å². The SMILES string of the molecule is C[C@@H]1CN(C2CCN(Cc3ccc4c(c3)OCO4)CC2)C[C@@H](C)O1. The lowest BCUT2D eigenvalue weighted by atomic mass is 10.0. The Bertz CT molecular complexity index is 562. The Balaban J connectivity index is 1.30. The van der Waals surface area contributed by atoms with Crippen LogP contribution in [0.25, 0.3) is 0 Å². The molecule has 132 valence electrons. The number of piperidine rings is 1. The molecule has 5 nitrogen and oxygen atoms in total. The number of nitrogens with zero attached hydrogens (tertiary/aromatic N) is 2. The van der Waals surface area contributed by atoms with Crippen molar-refractivity contribution < 1.29 is 14.2 Å². The zero-order valence-corrected chi connectivity index (χ0v) is 14.7. The summed E-state index contributed by atoms with van der Waals surface area (Å²) in [5.41, 5.74) is 1.31. The van der Waals surface area contributed by atoms with Gasteiger partial charge in [-0.15, -0.1) is 0 Å². The molecule has 0 unspecified atom stereocenters. The van der Waals surface area contributed by atoms with Crippen molar-refractivity contribution in [3.8, 4) is 11.5 Å². The van der Waals surface area contributed by atoms with Crippen LogP contribution >= 0.6 is 0 Å². The Morgan fingerprint density at radius 1 is 1.00 bits per heavy atom. The second-order valence-electron chi connectivity index (χ2n) is 7.41. The highest BCUT2D eigenvalue weighted by atomic mass is 16.7. The maximum atomic E-state index is 5.87. The number of likely N-dealkylation sites (tertiary alicyclic amines) is 1. The summed E-state index contributed by atoms with van der Waals surface area (Å²) in [6.07, 6.45) is 3.23. The molecule has 0 N–H and O–H groups in total. The van der Waals surface area contributed by atoms with Crippen LogP contribution in [-0.2, 0) is 11.3 Å². The minimum Gasteiger partial charge on any atom is -0.454 e. The van der Waals surface area contributed by atoms with Crippen LogP contribution in [0.15, 0.2) is 18.2 Å². The first-order valence-electron chi connectivity index (χ1n) is 9.18. The maximum Gasteiger partial charge on any atom is 0.231 e. The van der Waals surface area contributed by atoms with E-state index in [1.807, 2.05) is 6.07 Å². The predicted octanol–water partition coefficient (Wildman–Crippen LogP) is 2.49. The van der Waals surface area contributed by atoms with Crippen molar-refractivity contribution in [3.63, 3.8) is 0 Å². The smallest absolute Gasteiger partial charge is 0.231 e. The molecule has 1 aromatic rings. The van der Waals surface area contributed by atoms with Crippen LogP contribution in [0.2, 0.25) is 0 Å². The van der Waals surface area contributed by atoms with Gasteiger partial charge in [0, 0.05) is 25.7 Å². The van der Waals surface area contributed by atoms with Gasteiger partial charge in [0.05, 0.1) is 12.2 Å². The van der Waals surface area contributed by atoms with Crippen LogP contribution in [0.3, 0.4) is 0 Å². The number of hydrogen-bond acceptors (Lipinski definition) is 5. The zero-order chi connectivity index (χ0) is 16.5. The number of benzene rings is 1. The summed E-state index contributed by atoms with van der Waals surface area (Å²) in [6, 6.07) is 7.03. The summed E-state index contributed by atoms with van der Waals surface area (Å²) < 4.78 is 16.7. The third kappa shape index (κ3) is 3.53. The molecule has 0 aromatic heterocycles. The minimum absolute atomic E-state index is 0.348. The van der Waals surface area contributed by atoms with E-state index in [1.165, 1.54) is 31.5 Å². The van der Waals surface area contributed by atoms with Crippen molar-refractivity contribution in [3.05, 3.63) is 23.8 Å². The molecule has 0 bridgehead atoms. The Labute approximate surface area is 144 Å². The third-order valence-electron chi connectivity index (χ3n) is 5.36. The number of morpholine rings is 1. The first-order valence-corrected chi connectivity index (χ1v) is 9.18. The Kier molecular flexibility index (Phi) is 4.66. The molecular weight excluding hydrogens is 304 g/mol. The first kappa shape index (κ1) is 16.2. The summed E-state index contributed by atoms with van der Waals surface area (Å²) in [6.45, 7) is 10.2. The summed E-state index contributed by atoms with van der Waals surface area (Å²) in [5, 5.41) is 0. The van der Waals surface area contributed by atoms with Crippen molar-refractivity contribution >= 4 is 0 Å². The van der Waals surface area contributed by atoms with Crippen LogP contribution in [0.1, 0.15) is 32.3 Å². The van der Waals surface area contributed by atoms with Gasteiger partial charge in [0.1, 0.15) is 0 Å². The van der Waals surface area contributed by atoms with E-state index in [2.05, 4.69) is 35.8 Å². The van der Waals surface area contributed by atoms with E-state index < -0.39 is 0 Å². The summed E-state index contributed by atoms with van der Waals surface area (Å²) in [4.78, 5) is 5.21. The van der Waals surface area contributed by atoms with Gasteiger partial charge in [-0.25, -0.2) is 0 Å². The third-order valence-corrected chi connectivity index (χ3v) is 5.36. The van der Waals surface area contributed by atoms with E-state index in [0.717, 1.165) is 31.1 Å². The zero-order valence-electron chi connectivity index (χ0n) is 14.7. The normalized spacial score (nSPS) is 29.1. The molecule has 0 amide bonds. The fraction of sp³-hybridized carbons (Fsp3) is 0.684. The van der Waals surface area contributed by atoms with Gasteiger partial charge in [-0.05, 0) is 57.5 Å². The highest BCUT2D eigenvalue weighted by Gasteiger charge is 2.30. The summed E-state index contributed by atoms with van der Waals surface area (Å²) in [7, 11) is 0. The van der Waals surface area contributed by atoms with Gasteiger partial charge in [-0.2, -0.15) is 0 Å². The monoisotopic (exact) mass is 332 g/mol. The molecule has 4 rings (SSSR count). The van der Waals surface area contributed by atoms with Gasteiger partial charge in [0.25, 0.3) is 0 Å². The Hall–Kier alpha value is -1.30. The second-order valence-corrected chi connectivity index (χ2v) is 7.41.